The maximum absolute atomic E-state index is 12.4. The Kier molecular flexibility index (Phi) is 5.45. The summed E-state index contributed by atoms with van der Waals surface area (Å²) >= 11 is 6.03. The van der Waals surface area contributed by atoms with E-state index in [0.717, 1.165) is 17.7 Å². The van der Waals surface area contributed by atoms with Crippen LogP contribution in [0.1, 0.15) is 18.4 Å². The van der Waals surface area contributed by atoms with E-state index >= 15 is 0 Å². The zero-order chi connectivity index (χ0) is 20.2. The highest BCUT2D eigenvalue weighted by Crippen LogP contribution is 2.25. The number of ether oxygens (including phenoxy) is 1. The second-order valence-corrected chi connectivity index (χ2v) is 7.13. The van der Waals surface area contributed by atoms with Gasteiger partial charge in [-0.1, -0.05) is 41.9 Å². The van der Waals surface area contributed by atoms with Crippen molar-refractivity contribution in [3.05, 3.63) is 65.2 Å². The van der Waals surface area contributed by atoms with Gasteiger partial charge >= 0.3 is 6.02 Å². The number of halogens is 1. The molecule has 1 amide bonds. The van der Waals surface area contributed by atoms with Gasteiger partial charge in [0.25, 0.3) is 0 Å². The van der Waals surface area contributed by atoms with Crippen molar-refractivity contribution in [2.75, 3.05) is 13.1 Å². The lowest BCUT2D eigenvalue weighted by Gasteiger charge is -2.25. The third-order valence-corrected chi connectivity index (χ3v) is 5.09. The lowest BCUT2D eigenvalue weighted by molar-refractivity contribution is -0.128. The molecule has 2 aromatic rings. The standard InChI is InChI=1S/C21H18ClN5O2/c22-16-10-8-15(9-11-16)20-18(26-12-4-7-19(26)28)13-27(25-20)21(24-14-23)29-17-5-2-1-3-6-17/h1-3,5-6,8-11,18H,4,7,12-13H2. The molecular weight excluding hydrogens is 390 g/mol. The molecule has 2 aromatic carbocycles. The predicted molar refractivity (Wildman–Crippen MR) is 110 cm³/mol. The number of benzene rings is 2. The van der Waals surface area contributed by atoms with Crippen LogP contribution in [0, 0.1) is 11.5 Å². The number of nitrogens with zero attached hydrogens (tertiary/aromatic N) is 5. The van der Waals surface area contributed by atoms with E-state index in [1.54, 1.807) is 30.5 Å². The largest absolute Gasteiger partial charge is 0.424 e. The van der Waals surface area contributed by atoms with Crippen LogP contribution < -0.4 is 4.74 Å². The third kappa shape index (κ3) is 4.08. The molecule has 7 nitrogen and oxygen atoms in total. The Bertz CT molecular complexity index is 998. The molecule has 2 aliphatic rings. The molecule has 146 valence electrons. The number of amidine groups is 1. The molecule has 2 heterocycles. The third-order valence-electron chi connectivity index (χ3n) is 4.83. The molecule has 1 saturated heterocycles. The van der Waals surface area contributed by atoms with E-state index < -0.39 is 0 Å². The van der Waals surface area contributed by atoms with Gasteiger partial charge in [0, 0.05) is 23.6 Å². The van der Waals surface area contributed by atoms with Crippen molar-refractivity contribution in [2.24, 2.45) is 10.1 Å². The lowest BCUT2D eigenvalue weighted by Crippen LogP contribution is -2.45. The van der Waals surface area contributed by atoms with Gasteiger partial charge in [0.15, 0.2) is 0 Å². The summed E-state index contributed by atoms with van der Waals surface area (Å²) in [6, 6.07) is 16.2. The summed E-state index contributed by atoms with van der Waals surface area (Å²) in [5, 5.41) is 16.0. The number of hydrogen-bond donors (Lipinski definition) is 0. The van der Waals surface area contributed by atoms with Crippen molar-refractivity contribution < 1.29 is 9.53 Å². The van der Waals surface area contributed by atoms with Crippen LogP contribution in [0.5, 0.6) is 5.75 Å². The number of para-hydroxylation sites is 1. The summed E-state index contributed by atoms with van der Waals surface area (Å²) < 4.78 is 5.80. The maximum atomic E-state index is 12.4. The number of amides is 1. The number of carbonyl (C=O) groups is 1. The van der Waals surface area contributed by atoms with Crippen molar-refractivity contribution in [3.8, 4) is 11.9 Å². The summed E-state index contributed by atoms with van der Waals surface area (Å²) in [5.41, 5.74) is 1.58. The average Bonchev–Trinajstić information content (AvgIpc) is 3.35. The van der Waals surface area contributed by atoms with E-state index in [4.69, 9.17) is 21.6 Å². The van der Waals surface area contributed by atoms with E-state index in [-0.39, 0.29) is 18.0 Å². The van der Waals surface area contributed by atoms with E-state index in [1.807, 2.05) is 35.2 Å². The van der Waals surface area contributed by atoms with Crippen LogP contribution in [-0.2, 0) is 4.79 Å². The fraction of sp³-hybridized carbons (Fsp3) is 0.238. The Morgan fingerprint density at radius 2 is 1.97 bits per heavy atom. The molecule has 1 fully saturated rings. The molecule has 4 rings (SSSR count). The fourth-order valence-electron chi connectivity index (χ4n) is 3.49. The minimum absolute atomic E-state index is 0.0688. The minimum atomic E-state index is -0.255. The second-order valence-electron chi connectivity index (χ2n) is 6.69. The van der Waals surface area contributed by atoms with Gasteiger partial charge in [0.2, 0.25) is 12.1 Å². The molecule has 2 aliphatic heterocycles. The van der Waals surface area contributed by atoms with Crippen LogP contribution in [0.3, 0.4) is 0 Å². The summed E-state index contributed by atoms with van der Waals surface area (Å²) in [6.07, 6.45) is 3.13. The zero-order valence-electron chi connectivity index (χ0n) is 15.5. The van der Waals surface area contributed by atoms with Crippen molar-refractivity contribution in [1.82, 2.24) is 9.91 Å². The van der Waals surface area contributed by atoms with Crippen molar-refractivity contribution >= 4 is 29.2 Å². The van der Waals surface area contributed by atoms with Crippen LogP contribution in [0.25, 0.3) is 0 Å². The Hall–Kier alpha value is -3.37. The van der Waals surface area contributed by atoms with Crippen LogP contribution in [0.15, 0.2) is 64.7 Å². The number of hydrogen-bond acceptors (Lipinski definition) is 5. The normalized spacial score (nSPS) is 19.3. The number of hydrazone groups is 1. The number of rotatable bonds is 3. The molecule has 0 saturated carbocycles. The highest BCUT2D eigenvalue weighted by molar-refractivity contribution is 6.30. The highest BCUT2D eigenvalue weighted by atomic mass is 35.5. The zero-order valence-corrected chi connectivity index (χ0v) is 16.3. The van der Waals surface area contributed by atoms with Crippen molar-refractivity contribution in [1.29, 1.82) is 5.26 Å². The Balaban J connectivity index is 1.68. The fourth-order valence-corrected chi connectivity index (χ4v) is 3.62. The molecule has 1 atom stereocenters. The number of carbonyl (C=O) groups excluding carboxylic acids is 1. The van der Waals surface area contributed by atoms with Gasteiger partial charge in [-0.15, -0.1) is 4.99 Å². The van der Waals surface area contributed by atoms with Gasteiger partial charge in [0.05, 0.1) is 18.3 Å². The molecule has 29 heavy (non-hydrogen) atoms. The molecule has 0 N–H and O–H groups in total. The van der Waals surface area contributed by atoms with E-state index in [2.05, 4.69) is 10.1 Å². The SMILES string of the molecule is N#CN=C(Oc1ccccc1)N1CC(N2CCCC2=O)C(c2ccc(Cl)cc2)=N1. The second kappa shape index (κ2) is 8.33. The monoisotopic (exact) mass is 407 g/mol. The first-order chi connectivity index (χ1) is 14.2. The summed E-state index contributed by atoms with van der Waals surface area (Å²) in [7, 11) is 0. The van der Waals surface area contributed by atoms with Gasteiger partial charge in [-0.2, -0.15) is 10.4 Å². The molecule has 8 heteroatoms. The summed E-state index contributed by atoms with van der Waals surface area (Å²) in [5.74, 6) is 0.645. The van der Waals surface area contributed by atoms with Gasteiger partial charge in [-0.25, -0.2) is 5.01 Å². The first-order valence-corrected chi connectivity index (χ1v) is 9.64. The first kappa shape index (κ1) is 19.0. The molecular formula is C21H18ClN5O2. The molecule has 0 bridgehead atoms. The van der Waals surface area contributed by atoms with Gasteiger partial charge in [0.1, 0.15) is 5.75 Å². The Morgan fingerprint density at radius 1 is 1.21 bits per heavy atom. The van der Waals surface area contributed by atoms with Gasteiger partial charge < -0.3 is 9.64 Å². The lowest BCUT2D eigenvalue weighted by atomic mass is 10.0. The summed E-state index contributed by atoms with van der Waals surface area (Å²) in [6.45, 7) is 1.03. The predicted octanol–water partition coefficient (Wildman–Crippen LogP) is 3.27. The highest BCUT2D eigenvalue weighted by Gasteiger charge is 2.39. The number of nitriles is 1. The van der Waals surface area contributed by atoms with Crippen LogP contribution in [0.2, 0.25) is 5.02 Å². The quantitative estimate of drug-likeness (QED) is 0.444. The van der Waals surface area contributed by atoms with E-state index in [0.29, 0.717) is 30.3 Å². The minimum Gasteiger partial charge on any atom is -0.424 e. The number of likely N-dealkylation sites (tertiary alicyclic amines) is 1. The molecule has 0 aliphatic carbocycles. The smallest absolute Gasteiger partial charge is 0.329 e. The van der Waals surface area contributed by atoms with Crippen LogP contribution in [0.4, 0.5) is 0 Å². The van der Waals surface area contributed by atoms with Crippen LogP contribution >= 0.6 is 11.6 Å². The van der Waals surface area contributed by atoms with Crippen molar-refractivity contribution in [2.45, 2.75) is 18.9 Å². The van der Waals surface area contributed by atoms with E-state index in [9.17, 15) is 4.79 Å². The van der Waals surface area contributed by atoms with E-state index in [1.165, 1.54) is 5.01 Å². The molecule has 1 unspecified atom stereocenters. The molecule has 0 aromatic heterocycles. The van der Waals surface area contributed by atoms with Gasteiger partial charge in [-0.3, -0.25) is 4.79 Å². The molecule has 0 spiro atoms. The van der Waals surface area contributed by atoms with Gasteiger partial charge in [-0.05, 0) is 30.7 Å². The average molecular weight is 408 g/mol. The first-order valence-electron chi connectivity index (χ1n) is 9.27. The van der Waals surface area contributed by atoms with Crippen LogP contribution in [-0.4, -0.2) is 46.7 Å². The maximum Gasteiger partial charge on any atom is 0.329 e. The molecule has 0 radical (unpaired) electrons. The Morgan fingerprint density at radius 3 is 2.62 bits per heavy atom. The number of aliphatic imine (C=N–C) groups is 1. The van der Waals surface area contributed by atoms with Crippen molar-refractivity contribution in [3.63, 3.8) is 0 Å². The Labute approximate surface area is 173 Å². The topological polar surface area (TPSA) is 81.3 Å². The summed E-state index contributed by atoms with van der Waals surface area (Å²) in [4.78, 5) is 18.1.